The molecule has 1 aliphatic carbocycles. The Hall–Kier alpha value is -4.93. The summed E-state index contributed by atoms with van der Waals surface area (Å²) in [6, 6.07) is 40.9. The fourth-order valence-electron chi connectivity index (χ4n) is 5.83. The molecule has 0 spiro atoms. The van der Waals surface area contributed by atoms with E-state index in [9.17, 15) is 9.59 Å². The molecule has 188 valence electrons. The number of ketones is 2. The first-order valence-corrected chi connectivity index (χ1v) is 14.0. The van der Waals surface area contributed by atoms with Gasteiger partial charge in [-0.25, -0.2) is 0 Å². The standard InChI is InChI=1S/C36H21NO2S/c38-35-27-20-24-9-1-2-10-25(24)21-28(27)36(39)29(35)18-22-16-17-34-32(19-22)37(31-13-5-6-15-33(31)40-34)30-14-7-11-23-8-3-4-12-26(23)30/h1-21H. The summed E-state index contributed by atoms with van der Waals surface area (Å²) >= 11 is 1.73. The summed E-state index contributed by atoms with van der Waals surface area (Å²) in [5.41, 5.74) is 5.21. The summed E-state index contributed by atoms with van der Waals surface area (Å²) in [6.07, 6.45) is 1.75. The van der Waals surface area contributed by atoms with E-state index in [0.717, 1.165) is 43.7 Å². The molecule has 3 nitrogen and oxygen atoms in total. The maximum atomic E-state index is 13.4. The summed E-state index contributed by atoms with van der Waals surface area (Å²) < 4.78 is 0. The monoisotopic (exact) mass is 531 g/mol. The second kappa shape index (κ2) is 8.80. The molecule has 0 bridgehead atoms. The number of para-hydroxylation sites is 1. The van der Waals surface area contributed by atoms with E-state index in [1.807, 2.05) is 42.5 Å². The van der Waals surface area contributed by atoms with Crippen molar-refractivity contribution in [2.24, 2.45) is 0 Å². The number of Topliss-reactive ketones (excluding diaryl/α,β-unsaturated/α-hetero) is 2. The van der Waals surface area contributed by atoms with Crippen molar-refractivity contribution in [3.8, 4) is 0 Å². The molecule has 8 rings (SSSR count). The molecule has 0 unspecified atom stereocenters. The minimum atomic E-state index is -0.214. The number of rotatable bonds is 2. The first-order chi connectivity index (χ1) is 19.7. The van der Waals surface area contributed by atoms with Gasteiger partial charge in [0.2, 0.25) is 0 Å². The third kappa shape index (κ3) is 3.47. The molecular weight excluding hydrogens is 510 g/mol. The quantitative estimate of drug-likeness (QED) is 0.164. The van der Waals surface area contributed by atoms with Gasteiger partial charge in [0.15, 0.2) is 11.6 Å². The van der Waals surface area contributed by atoms with Gasteiger partial charge < -0.3 is 4.90 Å². The van der Waals surface area contributed by atoms with Gasteiger partial charge >= 0.3 is 0 Å². The van der Waals surface area contributed by atoms with Crippen LogP contribution in [0.1, 0.15) is 26.3 Å². The average molecular weight is 532 g/mol. The predicted molar refractivity (Wildman–Crippen MR) is 163 cm³/mol. The van der Waals surface area contributed by atoms with Crippen LogP contribution in [0.5, 0.6) is 0 Å². The molecule has 0 saturated heterocycles. The van der Waals surface area contributed by atoms with Gasteiger partial charge in [-0.3, -0.25) is 9.59 Å². The summed E-state index contributed by atoms with van der Waals surface area (Å²) in [4.78, 5) is 31.5. The lowest BCUT2D eigenvalue weighted by atomic mass is 10.0. The highest BCUT2D eigenvalue weighted by Crippen LogP contribution is 2.52. The number of hydrogen-bond acceptors (Lipinski definition) is 4. The van der Waals surface area contributed by atoms with Crippen LogP contribution < -0.4 is 4.90 Å². The fourth-order valence-corrected chi connectivity index (χ4v) is 6.87. The highest BCUT2D eigenvalue weighted by molar-refractivity contribution is 7.99. The van der Waals surface area contributed by atoms with Crippen molar-refractivity contribution in [2.75, 3.05) is 4.90 Å². The molecular formula is C36H21NO2S. The molecule has 0 N–H and O–H groups in total. The van der Waals surface area contributed by atoms with Crippen molar-refractivity contribution in [1.82, 2.24) is 0 Å². The third-order valence-corrected chi connectivity index (χ3v) is 8.86. The first-order valence-electron chi connectivity index (χ1n) is 13.2. The van der Waals surface area contributed by atoms with Crippen molar-refractivity contribution >= 4 is 68.0 Å². The second-order valence-corrected chi connectivity index (χ2v) is 11.2. The van der Waals surface area contributed by atoms with Gasteiger partial charge in [-0.05, 0) is 70.3 Å². The molecule has 0 atom stereocenters. The Balaban J connectivity index is 1.28. The molecule has 4 heteroatoms. The number of allylic oxidation sites excluding steroid dienone is 1. The van der Waals surface area contributed by atoms with Gasteiger partial charge in [-0.2, -0.15) is 0 Å². The fraction of sp³-hybridized carbons (Fsp3) is 0. The number of carbonyl (C=O) groups excluding carboxylic acids is 2. The minimum Gasteiger partial charge on any atom is -0.308 e. The van der Waals surface area contributed by atoms with Gasteiger partial charge in [0.25, 0.3) is 0 Å². The van der Waals surface area contributed by atoms with E-state index in [2.05, 4.69) is 83.8 Å². The first kappa shape index (κ1) is 23.0. The van der Waals surface area contributed by atoms with E-state index in [-0.39, 0.29) is 17.1 Å². The zero-order chi connectivity index (χ0) is 26.8. The largest absolute Gasteiger partial charge is 0.308 e. The molecule has 0 amide bonds. The summed E-state index contributed by atoms with van der Waals surface area (Å²) in [6.45, 7) is 0. The third-order valence-electron chi connectivity index (χ3n) is 7.73. The molecule has 6 aromatic rings. The number of benzene rings is 6. The van der Waals surface area contributed by atoms with E-state index in [1.165, 1.54) is 10.3 Å². The zero-order valence-electron chi connectivity index (χ0n) is 21.3. The molecule has 2 aliphatic rings. The van der Waals surface area contributed by atoms with Crippen LogP contribution in [0.3, 0.4) is 0 Å². The number of anilines is 3. The second-order valence-electron chi connectivity index (χ2n) is 10.1. The number of hydrogen-bond donors (Lipinski definition) is 0. The lowest BCUT2D eigenvalue weighted by Gasteiger charge is -2.34. The van der Waals surface area contributed by atoms with Crippen molar-refractivity contribution in [2.45, 2.75) is 9.79 Å². The number of nitrogens with zero attached hydrogens (tertiary/aromatic N) is 1. The molecule has 6 aromatic carbocycles. The maximum absolute atomic E-state index is 13.4. The Morgan fingerprint density at radius 1 is 0.525 bits per heavy atom. The van der Waals surface area contributed by atoms with Crippen LogP contribution in [-0.2, 0) is 0 Å². The summed E-state index contributed by atoms with van der Waals surface area (Å²) in [5.74, 6) is -0.428. The van der Waals surface area contributed by atoms with E-state index in [1.54, 1.807) is 17.8 Å². The van der Waals surface area contributed by atoms with E-state index in [4.69, 9.17) is 0 Å². The lowest BCUT2D eigenvalue weighted by molar-refractivity contribution is 0.0990. The Kier molecular flexibility index (Phi) is 5.06. The highest BCUT2D eigenvalue weighted by atomic mass is 32.2. The summed E-state index contributed by atoms with van der Waals surface area (Å²) in [7, 11) is 0. The van der Waals surface area contributed by atoms with E-state index >= 15 is 0 Å². The molecule has 1 aliphatic heterocycles. The van der Waals surface area contributed by atoms with Gasteiger partial charge in [0, 0.05) is 26.3 Å². The lowest BCUT2D eigenvalue weighted by Crippen LogP contribution is -2.15. The van der Waals surface area contributed by atoms with Crippen molar-refractivity contribution < 1.29 is 9.59 Å². The SMILES string of the molecule is O=C1C(=Cc2ccc3c(c2)N(c2cccc4ccccc24)c2ccccc2S3)C(=O)c2cc3ccccc3cc21. The number of fused-ring (bicyclic) bond motifs is 5. The zero-order valence-corrected chi connectivity index (χ0v) is 22.1. The Labute approximate surface area is 235 Å². The van der Waals surface area contributed by atoms with Crippen LogP contribution in [0.15, 0.2) is 137 Å². The molecule has 0 aromatic heterocycles. The predicted octanol–water partition coefficient (Wildman–Crippen LogP) is 9.39. The van der Waals surface area contributed by atoms with Crippen LogP contribution in [0, 0.1) is 0 Å². The molecule has 0 saturated carbocycles. The van der Waals surface area contributed by atoms with Gasteiger partial charge in [-0.15, -0.1) is 0 Å². The van der Waals surface area contributed by atoms with Crippen molar-refractivity contribution in [3.05, 3.63) is 144 Å². The highest BCUT2D eigenvalue weighted by Gasteiger charge is 2.34. The van der Waals surface area contributed by atoms with Crippen LogP contribution >= 0.6 is 11.8 Å². The maximum Gasteiger partial charge on any atom is 0.197 e. The molecule has 0 fully saturated rings. The van der Waals surface area contributed by atoms with Gasteiger partial charge in [0.05, 0.1) is 22.6 Å². The smallest absolute Gasteiger partial charge is 0.197 e. The molecule has 1 heterocycles. The molecule has 0 radical (unpaired) electrons. The molecule has 40 heavy (non-hydrogen) atoms. The Bertz CT molecular complexity index is 2030. The summed E-state index contributed by atoms with van der Waals surface area (Å²) in [5, 5.41) is 4.24. The number of carbonyl (C=O) groups is 2. The van der Waals surface area contributed by atoms with Crippen LogP contribution in [0.4, 0.5) is 17.1 Å². The van der Waals surface area contributed by atoms with Crippen LogP contribution in [-0.4, -0.2) is 11.6 Å². The van der Waals surface area contributed by atoms with Crippen molar-refractivity contribution in [1.29, 1.82) is 0 Å². The average Bonchev–Trinajstić information content (AvgIpc) is 3.22. The normalized spacial score (nSPS) is 13.9. The topological polar surface area (TPSA) is 37.4 Å². The van der Waals surface area contributed by atoms with Crippen LogP contribution in [0.2, 0.25) is 0 Å². The Morgan fingerprint density at radius 2 is 1.12 bits per heavy atom. The minimum absolute atomic E-state index is 0.214. The Morgan fingerprint density at radius 3 is 1.90 bits per heavy atom. The van der Waals surface area contributed by atoms with Crippen molar-refractivity contribution in [3.63, 3.8) is 0 Å². The van der Waals surface area contributed by atoms with Gasteiger partial charge in [-0.1, -0.05) is 90.6 Å². The van der Waals surface area contributed by atoms with Gasteiger partial charge in [0.1, 0.15) is 0 Å². The van der Waals surface area contributed by atoms with E-state index in [0.29, 0.717) is 11.1 Å². The van der Waals surface area contributed by atoms with E-state index < -0.39 is 0 Å². The van der Waals surface area contributed by atoms with Crippen LogP contribution in [0.25, 0.3) is 27.6 Å².